The molecule has 3 aliphatic heterocycles. The molecule has 2 bridgehead atoms. The van der Waals surface area contributed by atoms with Gasteiger partial charge in [0.15, 0.2) is 5.58 Å². The molecule has 2 amide bonds. The van der Waals surface area contributed by atoms with Crippen molar-refractivity contribution in [3.8, 4) is 10.6 Å². The Morgan fingerprint density at radius 3 is 2.59 bits per heavy atom. The zero-order valence-corrected chi connectivity index (χ0v) is 20.6. The number of thiazole rings is 1. The van der Waals surface area contributed by atoms with Crippen LogP contribution < -0.4 is 4.90 Å². The van der Waals surface area contributed by atoms with E-state index in [9.17, 15) is 9.59 Å². The van der Waals surface area contributed by atoms with Gasteiger partial charge in [0.05, 0.1) is 24.8 Å². The lowest BCUT2D eigenvalue weighted by Gasteiger charge is -2.55. The lowest BCUT2D eigenvalue weighted by molar-refractivity contribution is -0.0756. The molecule has 5 heterocycles. The summed E-state index contributed by atoms with van der Waals surface area (Å²) in [6.07, 6.45) is 2.37. The lowest BCUT2D eigenvalue weighted by Crippen LogP contribution is -2.70. The number of piperidine rings is 1. The first-order chi connectivity index (χ1) is 16.1. The third-order valence-corrected chi connectivity index (χ3v) is 6.82. The predicted octanol–water partition coefficient (Wildman–Crippen LogP) is 3.78. The van der Waals surface area contributed by atoms with Crippen molar-refractivity contribution in [3.05, 3.63) is 29.3 Å². The topological polar surface area (TPSA) is 101 Å². The summed E-state index contributed by atoms with van der Waals surface area (Å²) < 4.78 is 11.8. The largest absolute Gasteiger partial charge is 0.444 e. The van der Waals surface area contributed by atoms with E-state index in [1.54, 1.807) is 25.4 Å². The first-order valence-corrected chi connectivity index (χ1v) is 12.0. The molecule has 3 aromatic rings. The maximum atomic E-state index is 12.8. The number of nitrogens with zero attached hydrogens (tertiary/aromatic N) is 5. The summed E-state index contributed by atoms with van der Waals surface area (Å²) in [5.41, 5.74) is 1.75. The number of fused-ring (bicyclic) bond motifs is 3. The van der Waals surface area contributed by atoms with Gasteiger partial charge in [-0.1, -0.05) is 0 Å². The van der Waals surface area contributed by atoms with Gasteiger partial charge in [-0.15, -0.1) is 11.3 Å². The van der Waals surface area contributed by atoms with Crippen LogP contribution in [-0.2, 0) is 9.57 Å². The highest BCUT2D eigenvalue weighted by Crippen LogP contribution is 2.39. The van der Waals surface area contributed by atoms with Gasteiger partial charge in [-0.25, -0.2) is 14.8 Å². The molecule has 0 aliphatic carbocycles. The van der Waals surface area contributed by atoms with Crippen molar-refractivity contribution in [2.75, 3.05) is 32.1 Å². The molecule has 2 unspecified atom stereocenters. The van der Waals surface area contributed by atoms with E-state index in [2.05, 4.69) is 4.98 Å². The van der Waals surface area contributed by atoms with Gasteiger partial charge in [-0.3, -0.25) is 14.5 Å². The molecule has 0 radical (unpaired) electrons. The Morgan fingerprint density at radius 1 is 1.24 bits per heavy atom. The molecule has 3 fully saturated rings. The Balaban J connectivity index is 1.44. The summed E-state index contributed by atoms with van der Waals surface area (Å²) in [6.45, 7) is 6.82. The van der Waals surface area contributed by atoms with Gasteiger partial charge in [-0.2, -0.15) is 4.98 Å². The van der Waals surface area contributed by atoms with Gasteiger partial charge < -0.3 is 14.1 Å². The fourth-order valence-corrected chi connectivity index (χ4v) is 5.09. The van der Waals surface area contributed by atoms with Gasteiger partial charge in [0.2, 0.25) is 0 Å². The van der Waals surface area contributed by atoms with E-state index in [4.69, 9.17) is 19.0 Å². The second-order valence-electron chi connectivity index (χ2n) is 9.53. The monoisotopic (exact) mass is 485 g/mol. The van der Waals surface area contributed by atoms with E-state index >= 15 is 0 Å². The van der Waals surface area contributed by atoms with Crippen molar-refractivity contribution in [1.82, 2.24) is 19.9 Å². The molecule has 3 saturated heterocycles. The molecule has 3 aliphatic rings. The summed E-state index contributed by atoms with van der Waals surface area (Å²) in [5, 5.41) is 3.77. The van der Waals surface area contributed by atoms with Crippen LogP contribution in [0.4, 0.5) is 10.8 Å². The maximum Gasteiger partial charge on any atom is 0.410 e. The second-order valence-corrected chi connectivity index (χ2v) is 10.4. The zero-order valence-electron chi connectivity index (χ0n) is 19.8. The van der Waals surface area contributed by atoms with E-state index < -0.39 is 5.60 Å². The molecule has 2 aromatic heterocycles. The van der Waals surface area contributed by atoms with Crippen molar-refractivity contribution in [2.24, 2.45) is 0 Å². The van der Waals surface area contributed by atoms with Crippen LogP contribution in [0, 0.1) is 0 Å². The number of hydrogen-bond donors (Lipinski definition) is 0. The van der Waals surface area contributed by atoms with Crippen LogP contribution in [-0.4, -0.2) is 76.9 Å². The minimum Gasteiger partial charge on any atom is -0.444 e. The molecule has 11 heteroatoms. The van der Waals surface area contributed by atoms with Crippen LogP contribution in [0.1, 0.15) is 37.6 Å². The molecule has 0 saturated carbocycles. The minimum absolute atomic E-state index is 0.0505. The van der Waals surface area contributed by atoms with Crippen LogP contribution in [0.25, 0.3) is 21.7 Å². The van der Waals surface area contributed by atoms with Gasteiger partial charge in [0, 0.05) is 37.3 Å². The molecule has 6 rings (SSSR count). The summed E-state index contributed by atoms with van der Waals surface area (Å²) in [6, 6.07) is 4.03. The standard InChI is InChI=1S/C23H27N5O5S/c1-23(2,3)33-22(30)28-14-10-15(28)12-27(11-14)21-25-17-9-13(20(29)26(4)31-5)8-16(18(17)32-21)19-24-6-7-34-19/h6-9,14-15H,10-12H2,1-5H3. The predicted molar refractivity (Wildman–Crippen MR) is 127 cm³/mol. The van der Waals surface area contributed by atoms with E-state index in [1.807, 2.05) is 36.0 Å². The molecule has 34 heavy (non-hydrogen) atoms. The van der Waals surface area contributed by atoms with Crippen LogP contribution in [0.5, 0.6) is 0 Å². The smallest absolute Gasteiger partial charge is 0.410 e. The third-order valence-electron chi connectivity index (χ3n) is 6.02. The Morgan fingerprint density at radius 2 is 1.97 bits per heavy atom. The van der Waals surface area contributed by atoms with E-state index in [-0.39, 0.29) is 24.1 Å². The Labute approximate surface area is 201 Å². The normalized spacial score (nSPS) is 19.8. The van der Waals surface area contributed by atoms with Gasteiger partial charge >= 0.3 is 6.09 Å². The molecule has 2 atom stereocenters. The summed E-state index contributed by atoms with van der Waals surface area (Å²) in [5.74, 6) is -0.293. The summed E-state index contributed by atoms with van der Waals surface area (Å²) in [7, 11) is 2.99. The van der Waals surface area contributed by atoms with Crippen LogP contribution >= 0.6 is 11.3 Å². The van der Waals surface area contributed by atoms with Crippen molar-refractivity contribution in [2.45, 2.75) is 44.9 Å². The van der Waals surface area contributed by atoms with Crippen molar-refractivity contribution >= 4 is 40.5 Å². The molecule has 10 nitrogen and oxygen atoms in total. The van der Waals surface area contributed by atoms with Crippen LogP contribution in [0.15, 0.2) is 28.1 Å². The Kier molecular flexibility index (Phi) is 5.48. The number of benzene rings is 1. The SMILES string of the molecule is CON(C)C(=O)c1cc(-c2nccs2)c2oc(N3CC4CC(C3)N4C(=O)OC(C)(C)C)nc2c1. The van der Waals surface area contributed by atoms with Crippen molar-refractivity contribution in [1.29, 1.82) is 0 Å². The van der Waals surface area contributed by atoms with E-state index in [1.165, 1.54) is 18.4 Å². The molecule has 1 aromatic carbocycles. The average molecular weight is 486 g/mol. The van der Waals surface area contributed by atoms with Gasteiger partial charge in [0.1, 0.15) is 16.1 Å². The molecule has 0 spiro atoms. The number of hydrogen-bond acceptors (Lipinski definition) is 9. The third kappa shape index (κ3) is 3.98. The number of carbonyl (C=O) groups is 2. The number of hydroxylamine groups is 2. The van der Waals surface area contributed by atoms with E-state index in [0.29, 0.717) is 41.3 Å². The molecular formula is C23H27N5O5S. The number of anilines is 1. The minimum atomic E-state index is -0.529. The van der Waals surface area contributed by atoms with Crippen LogP contribution in [0.2, 0.25) is 0 Å². The quantitative estimate of drug-likeness (QED) is 0.515. The average Bonchev–Trinajstić information content (AvgIpc) is 3.46. The fraction of sp³-hybridized carbons (Fsp3) is 0.478. The first kappa shape index (κ1) is 22.6. The number of carbonyl (C=O) groups excluding carboxylic acids is 2. The van der Waals surface area contributed by atoms with Crippen molar-refractivity contribution in [3.63, 3.8) is 0 Å². The second kappa shape index (κ2) is 8.24. The molecule has 0 N–H and O–H groups in total. The zero-order chi connectivity index (χ0) is 24.2. The molecule has 180 valence electrons. The number of aromatic nitrogens is 2. The lowest BCUT2D eigenvalue weighted by atomic mass is 9.88. The number of ether oxygens (including phenoxy) is 1. The summed E-state index contributed by atoms with van der Waals surface area (Å²) >= 11 is 1.46. The maximum absolute atomic E-state index is 12.8. The number of rotatable bonds is 4. The Hall–Kier alpha value is -3.18. The highest BCUT2D eigenvalue weighted by molar-refractivity contribution is 7.13. The highest BCUT2D eigenvalue weighted by Gasteiger charge is 2.49. The Bertz CT molecular complexity index is 1220. The number of piperazine rings is 1. The number of amides is 2. The molecular weight excluding hydrogens is 458 g/mol. The van der Waals surface area contributed by atoms with Gasteiger partial charge in [0.25, 0.3) is 11.9 Å². The van der Waals surface area contributed by atoms with Crippen LogP contribution in [0.3, 0.4) is 0 Å². The highest BCUT2D eigenvalue weighted by atomic mass is 32.1. The summed E-state index contributed by atoms with van der Waals surface area (Å²) in [4.78, 5) is 43.4. The number of oxazole rings is 1. The first-order valence-electron chi connectivity index (χ1n) is 11.1. The van der Waals surface area contributed by atoms with Crippen molar-refractivity contribution < 1.29 is 23.6 Å². The van der Waals surface area contributed by atoms with E-state index in [0.717, 1.165) is 16.5 Å². The fourth-order valence-electron chi connectivity index (χ4n) is 4.44. The van der Waals surface area contributed by atoms with Gasteiger partial charge in [-0.05, 0) is 39.3 Å².